The summed E-state index contributed by atoms with van der Waals surface area (Å²) >= 11 is 0. The number of carbonyl (C=O) groups is 1. The minimum absolute atomic E-state index is 0.0493. The Kier molecular flexibility index (Phi) is 5.00. The number of amides is 1. The van der Waals surface area contributed by atoms with Crippen molar-refractivity contribution in [1.82, 2.24) is 14.7 Å². The summed E-state index contributed by atoms with van der Waals surface area (Å²) in [5.74, 6) is 2.44. The Labute approximate surface area is 215 Å². The van der Waals surface area contributed by atoms with Crippen LogP contribution in [0.1, 0.15) is 63.0 Å². The molecule has 2 aliphatic heterocycles. The summed E-state index contributed by atoms with van der Waals surface area (Å²) in [4.78, 5) is 20.8. The van der Waals surface area contributed by atoms with E-state index in [9.17, 15) is 9.90 Å². The number of likely N-dealkylation sites (tertiary alicyclic amines) is 1. The van der Waals surface area contributed by atoms with Gasteiger partial charge >= 0.3 is 0 Å². The zero-order valence-corrected chi connectivity index (χ0v) is 22.1. The second-order valence-corrected chi connectivity index (χ2v) is 12.9. The number of nitrogens with zero attached hydrogens (tertiary/aromatic N) is 3. The second-order valence-electron chi connectivity index (χ2n) is 12.9. The predicted octanol–water partition coefficient (Wildman–Crippen LogP) is 4.67. The van der Waals surface area contributed by atoms with E-state index in [4.69, 9.17) is 0 Å². The quantitative estimate of drug-likeness (QED) is 0.671. The van der Waals surface area contributed by atoms with E-state index < -0.39 is 0 Å². The molecule has 7 rings (SSSR count). The second kappa shape index (κ2) is 7.86. The third-order valence-electron chi connectivity index (χ3n) is 11.3. The zero-order valence-electron chi connectivity index (χ0n) is 22.1. The van der Waals surface area contributed by atoms with E-state index in [0.29, 0.717) is 23.6 Å². The van der Waals surface area contributed by atoms with Crippen LogP contribution >= 0.6 is 0 Å². The monoisotopic (exact) mass is 487 g/mol. The van der Waals surface area contributed by atoms with Gasteiger partial charge in [0.05, 0.1) is 0 Å². The van der Waals surface area contributed by atoms with Crippen LogP contribution in [0.5, 0.6) is 5.75 Å². The molecule has 5 unspecified atom stereocenters. The fourth-order valence-electron chi connectivity index (χ4n) is 9.91. The van der Waals surface area contributed by atoms with Crippen LogP contribution < -0.4 is 0 Å². The lowest BCUT2D eigenvalue weighted by atomic mass is 9.43. The van der Waals surface area contributed by atoms with E-state index in [1.54, 1.807) is 0 Å². The third kappa shape index (κ3) is 2.95. The highest BCUT2D eigenvalue weighted by atomic mass is 16.3. The molecule has 1 amide bonds. The van der Waals surface area contributed by atoms with Gasteiger partial charge < -0.3 is 14.9 Å². The van der Waals surface area contributed by atoms with E-state index in [0.717, 1.165) is 43.8 Å². The Morgan fingerprint density at radius 1 is 1.22 bits per heavy atom. The molecule has 4 fully saturated rings. The van der Waals surface area contributed by atoms with E-state index in [2.05, 4.69) is 48.1 Å². The number of phenols is 1. The Hall–Kier alpha value is -2.27. The summed E-state index contributed by atoms with van der Waals surface area (Å²) in [6.07, 6.45) is 15.6. The molecule has 6 aliphatic rings. The topological polar surface area (TPSA) is 47.0 Å². The molecule has 0 spiro atoms. The van der Waals surface area contributed by atoms with Crippen LogP contribution in [-0.2, 0) is 16.6 Å². The molecule has 5 nitrogen and oxygen atoms in total. The van der Waals surface area contributed by atoms with Crippen LogP contribution in [0.15, 0.2) is 42.2 Å². The van der Waals surface area contributed by atoms with Gasteiger partial charge in [-0.1, -0.05) is 25.1 Å². The van der Waals surface area contributed by atoms with Gasteiger partial charge in [0.15, 0.2) is 0 Å². The van der Waals surface area contributed by atoms with Gasteiger partial charge in [-0.15, -0.1) is 0 Å². The number of benzene rings is 1. The lowest BCUT2D eigenvalue weighted by Crippen LogP contribution is -2.70. The molecule has 1 saturated heterocycles. The van der Waals surface area contributed by atoms with Crippen molar-refractivity contribution in [3.63, 3.8) is 0 Å². The maximum atomic E-state index is 13.8. The summed E-state index contributed by atoms with van der Waals surface area (Å²) in [6, 6.07) is 7.05. The number of carbonyl (C=O) groups excluding carboxylic acids is 1. The van der Waals surface area contributed by atoms with Crippen molar-refractivity contribution < 1.29 is 9.90 Å². The highest BCUT2D eigenvalue weighted by molar-refractivity contribution is 5.93. The molecule has 1 aromatic rings. The molecule has 36 heavy (non-hydrogen) atoms. The van der Waals surface area contributed by atoms with Gasteiger partial charge in [-0.2, -0.15) is 0 Å². The number of rotatable bonds is 4. The standard InChI is InChI=1S/C31H41N3O2/c1-20-18-30-12-11-25(33(3)29(36)26-6-4-5-14-32(26)2)28(20)31(30)13-15-34(19-21-7-8-21)27(30)16-22-9-10-23(35)17-24(22)31/h5-6,9-10,14,17,20-21,25,27-28,35H,4,7-8,11-13,15-16,18-19H2,1-3H3/t20-,25?,27?,28?,30?,31?/m0/s1. The summed E-state index contributed by atoms with van der Waals surface area (Å²) in [5.41, 5.74) is 3.98. The molecule has 0 aromatic heterocycles. The van der Waals surface area contributed by atoms with Crippen molar-refractivity contribution >= 4 is 5.91 Å². The molecule has 5 heteroatoms. The Balaban J connectivity index is 1.32. The van der Waals surface area contributed by atoms with Gasteiger partial charge in [-0.05, 0) is 104 Å². The van der Waals surface area contributed by atoms with Gasteiger partial charge in [-0.3, -0.25) is 9.69 Å². The molecule has 0 radical (unpaired) electrons. The molecule has 3 saturated carbocycles. The SMILES string of the molecule is C[C@H]1CC23CCC(N(C)C(=O)C4=CCC=CN4C)C1C21CCN(CC2CC2)C3Cc2ccc(O)cc21. The van der Waals surface area contributed by atoms with Gasteiger partial charge in [-0.25, -0.2) is 0 Å². The van der Waals surface area contributed by atoms with Gasteiger partial charge in [0.1, 0.15) is 11.4 Å². The average molecular weight is 488 g/mol. The van der Waals surface area contributed by atoms with Crippen molar-refractivity contribution in [2.24, 2.45) is 23.2 Å². The first-order chi connectivity index (χ1) is 17.4. The van der Waals surface area contributed by atoms with Crippen molar-refractivity contribution in [3.05, 3.63) is 53.4 Å². The minimum Gasteiger partial charge on any atom is -0.508 e. The maximum absolute atomic E-state index is 13.8. The summed E-state index contributed by atoms with van der Waals surface area (Å²) in [7, 11) is 4.04. The van der Waals surface area contributed by atoms with Crippen molar-refractivity contribution in [1.29, 1.82) is 0 Å². The number of allylic oxidation sites excluding steroid dienone is 2. The molecule has 1 N–H and O–H groups in total. The first-order valence-electron chi connectivity index (χ1n) is 14.3. The smallest absolute Gasteiger partial charge is 0.270 e. The first kappa shape index (κ1) is 22.9. The first-order valence-corrected chi connectivity index (χ1v) is 14.3. The van der Waals surface area contributed by atoms with Crippen LogP contribution in [0.25, 0.3) is 0 Å². The van der Waals surface area contributed by atoms with Gasteiger partial charge in [0, 0.05) is 44.3 Å². The summed E-state index contributed by atoms with van der Waals surface area (Å²) < 4.78 is 0. The lowest BCUT2D eigenvalue weighted by molar-refractivity contribution is -0.139. The zero-order chi connectivity index (χ0) is 24.8. The molecule has 2 heterocycles. The Morgan fingerprint density at radius 2 is 2.06 bits per heavy atom. The maximum Gasteiger partial charge on any atom is 0.270 e. The summed E-state index contributed by atoms with van der Waals surface area (Å²) in [5, 5.41) is 10.7. The van der Waals surface area contributed by atoms with Crippen molar-refractivity contribution in [3.8, 4) is 5.75 Å². The molecule has 6 atom stereocenters. The number of phenolic OH excluding ortho intramolecular Hbond substituents is 1. The van der Waals surface area contributed by atoms with E-state index >= 15 is 0 Å². The van der Waals surface area contributed by atoms with Gasteiger partial charge in [0.2, 0.25) is 0 Å². The number of likely N-dealkylation sites (N-methyl/N-ethyl adjacent to an activating group) is 2. The molecular formula is C31H41N3O2. The van der Waals surface area contributed by atoms with Crippen molar-refractivity contribution in [2.75, 3.05) is 27.2 Å². The molecular weight excluding hydrogens is 446 g/mol. The number of hydrogen-bond acceptors (Lipinski definition) is 4. The number of hydrogen-bond donors (Lipinski definition) is 1. The van der Waals surface area contributed by atoms with Crippen LogP contribution in [0, 0.1) is 23.2 Å². The molecule has 192 valence electrons. The van der Waals surface area contributed by atoms with Crippen LogP contribution in [0.3, 0.4) is 0 Å². The lowest BCUT2D eigenvalue weighted by Gasteiger charge is -2.67. The van der Waals surface area contributed by atoms with E-state index in [-0.39, 0.29) is 22.8 Å². The summed E-state index contributed by atoms with van der Waals surface area (Å²) in [6.45, 7) is 4.89. The number of fused-ring (bicyclic) bond motifs is 1. The average Bonchev–Trinajstić information content (AvgIpc) is 3.66. The fraction of sp³-hybridized carbons (Fsp3) is 0.645. The Morgan fingerprint density at radius 3 is 2.83 bits per heavy atom. The fourth-order valence-corrected chi connectivity index (χ4v) is 9.91. The number of piperidine rings is 1. The van der Waals surface area contributed by atoms with E-state index in [1.807, 2.05) is 24.2 Å². The normalized spacial score (nSPS) is 38.9. The van der Waals surface area contributed by atoms with E-state index in [1.165, 1.54) is 43.4 Å². The predicted molar refractivity (Wildman–Crippen MR) is 141 cm³/mol. The highest BCUT2D eigenvalue weighted by Gasteiger charge is 2.73. The number of aromatic hydroxyl groups is 1. The third-order valence-corrected chi connectivity index (χ3v) is 11.3. The minimum atomic E-state index is 0.0493. The van der Waals surface area contributed by atoms with Crippen LogP contribution in [-0.4, -0.2) is 65.0 Å². The Bertz CT molecular complexity index is 1150. The van der Waals surface area contributed by atoms with Crippen LogP contribution in [0.4, 0.5) is 0 Å². The largest absolute Gasteiger partial charge is 0.508 e. The molecule has 4 aliphatic carbocycles. The molecule has 4 bridgehead atoms. The highest BCUT2D eigenvalue weighted by Crippen LogP contribution is 2.74. The molecule has 1 aromatic carbocycles. The van der Waals surface area contributed by atoms with Crippen molar-refractivity contribution in [2.45, 2.75) is 75.8 Å². The van der Waals surface area contributed by atoms with Crippen LogP contribution in [0.2, 0.25) is 0 Å². The van der Waals surface area contributed by atoms with Gasteiger partial charge in [0.25, 0.3) is 5.91 Å².